The van der Waals surface area contributed by atoms with Gasteiger partial charge in [0.2, 0.25) is 0 Å². The van der Waals surface area contributed by atoms with Gasteiger partial charge in [-0.1, -0.05) is 6.92 Å². The lowest BCUT2D eigenvalue weighted by atomic mass is 9.84. The molecule has 13 heavy (non-hydrogen) atoms. The molecule has 0 aromatic heterocycles. The number of piperidine rings is 1. The number of hydrogen-bond donors (Lipinski definition) is 1. The monoisotopic (exact) mass is 183 g/mol. The summed E-state index contributed by atoms with van der Waals surface area (Å²) in [7, 11) is 0. The Hall–Kier alpha value is -0.0800. The van der Waals surface area contributed by atoms with E-state index < -0.39 is 0 Å². The van der Waals surface area contributed by atoms with Crippen LogP contribution in [0.25, 0.3) is 0 Å². The Labute approximate surface area is 81.0 Å². The zero-order valence-electron chi connectivity index (χ0n) is 8.59. The quantitative estimate of drug-likeness (QED) is 0.669. The summed E-state index contributed by atoms with van der Waals surface area (Å²) in [6.45, 7) is 5.53. The van der Waals surface area contributed by atoms with Gasteiger partial charge in [0.15, 0.2) is 0 Å². The molecule has 2 saturated heterocycles. The maximum atomic E-state index is 5.38. The zero-order valence-corrected chi connectivity index (χ0v) is 8.59. The van der Waals surface area contributed by atoms with Gasteiger partial charge < -0.3 is 10.1 Å². The first-order valence-corrected chi connectivity index (χ1v) is 5.67. The number of hydrogen-bond acceptors (Lipinski definition) is 2. The third-order valence-electron chi connectivity index (χ3n) is 3.53. The molecule has 2 rings (SSSR count). The molecule has 2 aliphatic heterocycles. The molecule has 0 aliphatic carbocycles. The van der Waals surface area contributed by atoms with E-state index in [1.807, 2.05) is 0 Å². The van der Waals surface area contributed by atoms with Gasteiger partial charge in [0, 0.05) is 19.3 Å². The molecular formula is C11H21NO. The van der Waals surface area contributed by atoms with Crippen molar-refractivity contribution >= 4 is 0 Å². The molecule has 2 aliphatic rings. The summed E-state index contributed by atoms with van der Waals surface area (Å²) in [4.78, 5) is 0. The van der Waals surface area contributed by atoms with Gasteiger partial charge in [-0.2, -0.15) is 0 Å². The number of rotatable bonds is 1. The van der Waals surface area contributed by atoms with Crippen molar-refractivity contribution in [3.63, 3.8) is 0 Å². The van der Waals surface area contributed by atoms with Crippen molar-refractivity contribution in [1.29, 1.82) is 0 Å². The van der Waals surface area contributed by atoms with E-state index in [1.165, 1.54) is 32.2 Å². The molecular weight excluding hydrogens is 162 g/mol. The van der Waals surface area contributed by atoms with Crippen LogP contribution in [0.1, 0.15) is 32.6 Å². The minimum atomic E-state index is 0.792. The summed E-state index contributed by atoms with van der Waals surface area (Å²) >= 11 is 0. The van der Waals surface area contributed by atoms with Crippen LogP contribution in [0.3, 0.4) is 0 Å². The minimum absolute atomic E-state index is 0.792. The second-order valence-corrected chi connectivity index (χ2v) is 4.65. The highest BCUT2D eigenvalue weighted by Crippen LogP contribution is 2.25. The third kappa shape index (κ3) is 2.44. The number of ether oxygens (including phenoxy) is 1. The Bertz CT molecular complexity index is 146. The highest BCUT2D eigenvalue weighted by atomic mass is 16.5. The fourth-order valence-electron chi connectivity index (χ4n) is 2.54. The Morgan fingerprint density at radius 2 is 1.85 bits per heavy atom. The van der Waals surface area contributed by atoms with Gasteiger partial charge in [0.25, 0.3) is 0 Å². The lowest BCUT2D eigenvalue weighted by molar-refractivity contribution is 0.0478. The van der Waals surface area contributed by atoms with E-state index in [0.717, 1.165) is 31.1 Å². The van der Waals surface area contributed by atoms with E-state index in [1.54, 1.807) is 0 Å². The lowest BCUT2D eigenvalue weighted by Gasteiger charge is -2.35. The van der Waals surface area contributed by atoms with Crippen LogP contribution in [0.15, 0.2) is 0 Å². The molecule has 0 bridgehead atoms. The standard InChI is InChI=1S/C11H21NO/c1-9-2-3-11(12-8-9)10-4-6-13-7-5-10/h9-12H,2-8H2,1H3/t9-,11+/m0/s1. The maximum Gasteiger partial charge on any atom is 0.0469 e. The van der Waals surface area contributed by atoms with E-state index >= 15 is 0 Å². The van der Waals surface area contributed by atoms with E-state index in [4.69, 9.17) is 4.74 Å². The second-order valence-electron chi connectivity index (χ2n) is 4.65. The molecule has 0 aromatic rings. The molecule has 0 amide bonds. The summed E-state index contributed by atoms with van der Waals surface area (Å²) in [6, 6.07) is 0.792. The normalized spacial score (nSPS) is 37.6. The fraction of sp³-hybridized carbons (Fsp3) is 1.00. The fourth-order valence-corrected chi connectivity index (χ4v) is 2.54. The lowest BCUT2D eigenvalue weighted by Crippen LogP contribution is -2.44. The van der Waals surface area contributed by atoms with Gasteiger partial charge >= 0.3 is 0 Å². The average Bonchev–Trinajstić information content (AvgIpc) is 2.20. The average molecular weight is 183 g/mol. The van der Waals surface area contributed by atoms with Crippen LogP contribution in [0, 0.1) is 11.8 Å². The van der Waals surface area contributed by atoms with Gasteiger partial charge in [0.1, 0.15) is 0 Å². The molecule has 2 atom stereocenters. The Kier molecular flexibility index (Phi) is 3.23. The van der Waals surface area contributed by atoms with Crippen molar-refractivity contribution in [1.82, 2.24) is 5.32 Å². The highest BCUT2D eigenvalue weighted by Gasteiger charge is 2.26. The first-order chi connectivity index (χ1) is 6.36. The Balaban J connectivity index is 1.79. The van der Waals surface area contributed by atoms with Crippen molar-refractivity contribution < 1.29 is 4.74 Å². The third-order valence-corrected chi connectivity index (χ3v) is 3.53. The van der Waals surface area contributed by atoms with Crippen molar-refractivity contribution in [3.05, 3.63) is 0 Å². The summed E-state index contributed by atoms with van der Waals surface area (Å²) in [5.41, 5.74) is 0. The molecule has 1 N–H and O–H groups in total. The van der Waals surface area contributed by atoms with E-state index in [-0.39, 0.29) is 0 Å². The van der Waals surface area contributed by atoms with Crippen molar-refractivity contribution in [3.8, 4) is 0 Å². The smallest absolute Gasteiger partial charge is 0.0469 e. The predicted molar refractivity (Wildman–Crippen MR) is 53.7 cm³/mol. The zero-order chi connectivity index (χ0) is 9.10. The van der Waals surface area contributed by atoms with Crippen LogP contribution in [0.5, 0.6) is 0 Å². The topological polar surface area (TPSA) is 21.3 Å². The number of nitrogens with one attached hydrogen (secondary N) is 1. The van der Waals surface area contributed by atoms with E-state index in [0.29, 0.717) is 0 Å². The summed E-state index contributed by atoms with van der Waals surface area (Å²) in [6.07, 6.45) is 5.33. The summed E-state index contributed by atoms with van der Waals surface area (Å²) in [5.74, 6) is 1.78. The molecule has 0 radical (unpaired) electrons. The second kappa shape index (κ2) is 4.43. The molecule has 2 nitrogen and oxygen atoms in total. The van der Waals surface area contributed by atoms with Gasteiger partial charge in [0.05, 0.1) is 0 Å². The molecule has 2 heterocycles. The van der Waals surface area contributed by atoms with Crippen LogP contribution in [0.4, 0.5) is 0 Å². The minimum Gasteiger partial charge on any atom is -0.381 e. The van der Waals surface area contributed by atoms with Crippen molar-refractivity contribution in [2.24, 2.45) is 11.8 Å². The molecule has 2 fully saturated rings. The molecule has 0 aromatic carbocycles. The van der Waals surface area contributed by atoms with Crippen LogP contribution >= 0.6 is 0 Å². The van der Waals surface area contributed by atoms with Crippen LogP contribution in [-0.2, 0) is 4.74 Å². The van der Waals surface area contributed by atoms with Crippen LogP contribution < -0.4 is 5.32 Å². The maximum absolute atomic E-state index is 5.38. The SMILES string of the molecule is C[C@H]1CC[C@H](C2CCOCC2)NC1. The molecule has 0 unspecified atom stereocenters. The van der Waals surface area contributed by atoms with Crippen molar-refractivity contribution in [2.75, 3.05) is 19.8 Å². The molecule has 0 spiro atoms. The molecule has 0 saturated carbocycles. The van der Waals surface area contributed by atoms with E-state index in [2.05, 4.69) is 12.2 Å². The first kappa shape index (κ1) is 9.47. The molecule has 2 heteroatoms. The molecule has 76 valence electrons. The van der Waals surface area contributed by atoms with Gasteiger partial charge in [-0.15, -0.1) is 0 Å². The van der Waals surface area contributed by atoms with E-state index in [9.17, 15) is 0 Å². The van der Waals surface area contributed by atoms with Gasteiger partial charge in [-0.05, 0) is 44.1 Å². The van der Waals surface area contributed by atoms with Crippen LogP contribution in [0.2, 0.25) is 0 Å². The van der Waals surface area contributed by atoms with Crippen molar-refractivity contribution in [2.45, 2.75) is 38.6 Å². The Morgan fingerprint density at radius 3 is 2.46 bits per heavy atom. The predicted octanol–water partition coefficient (Wildman–Crippen LogP) is 1.80. The largest absolute Gasteiger partial charge is 0.381 e. The summed E-state index contributed by atoms with van der Waals surface area (Å²) < 4.78 is 5.38. The van der Waals surface area contributed by atoms with Crippen LogP contribution in [-0.4, -0.2) is 25.8 Å². The van der Waals surface area contributed by atoms with Gasteiger partial charge in [-0.3, -0.25) is 0 Å². The Morgan fingerprint density at radius 1 is 1.08 bits per heavy atom. The highest BCUT2D eigenvalue weighted by molar-refractivity contribution is 4.83. The van der Waals surface area contributed by atoms with Gasteiger partial charge in [-0.25, -0.2) is 0 Å². The first-order valence-electron chi connectivity index (χ1n) is 5.67. The summed E-state index contributed by atoms with van der Waals surface area (Å²) in [5, 5.41) is 3.68.